The van der Waals surface area contributed by atoms with Crippen LogP contribution in [-0.4, -0.2) is 24.0 Å². The Balaban J connectivity index is 1.38. The molecule has 1 aromatic rings. The number of hydrogen-bond acceptors (Lipinski definition) is 3. The molecule has 0 radical (unpaired) electrons. The number of rotatable bonds is 6. The minimum atomic E-state index is -1.10. The maximum atomic E-state index is 13.9. The van der Waals surface area contributed by atoms with E-state index in [4.69, 9.17) is 14.6 Å². The molecule has 1 aromatic carbocycles. The van der Waals surface area contributed by atoms with Gasteiger partial charge < -0.3 is 14.6 Å². The molecule has 4 saturated carbocycles. The van der Waals surface area contributed by atoms with Crippen molar-refractivity contribution in [2.75, 3.05) is 6.61 Å². The third-order valence-corrected chi connectivity index (χ3v) is 6.26. The van der Waals surface area contributed by atoms with Crippen LogP contribution < -0.4 is 4.74 Å². The molecule has 4 nitrogen and oxygen atoms in total. The second-order valence-electron chi connectivity index (χ2n) is 8.36. The number of ether oxygens (including phenoxy) is 2. The average molecular weight is 348 g/mol. The van der Waals surface area contributed by atoms with E-state index >= 15 is 0 Å². The second-order valence-corrected chi connectivity index (χ2v) is 8.36. The van der Waals surface area contributed by atoms with Gasteiger partial charge in [-0.3, -0.25) is 0 Å². The topological polar surface area (TPSA) is 55.8 Å². The van der Waals surface area contributed by atoms with E-state index in [2.05, 4.69) is 0 Å². The first kappa shape index (κ1) is 16.8. The normalized spacial score (nSPS) is 34.1. The van der Waals surface area contributed by atoms with Gasteiger partial charge in [0.2, 0.25) is 0 Å². The highest BCUT2D eigenvalue weighted by atomic mass is 19.1. The lowest BCUT2D eigenvalue weighted by molar-refractivity contribution is -0.147. The molecule has 0 spiro atoms. The van der Waals surface area contributed by atoms with Gasteiger partial charge in [0.25, 0.3) is 0 Å². The van der Waals surface area contributed by atoms with Gasteiger partial charge in [0.1, 0.15) is 0 Å². The highest BCUT2D eigenvalue weighted by Gasteiger charge is 2.51. The Hall–Kier alpha value is -1.62. The van der Waals surface area contributed by atoms with Crippen molar-refractivity contribution in [3.8, 4) is 5.75 Å². The molecular formula is C20H25FO4. The fourth-order valence-electron chi connectivity index (χ4n) is 5.70. The van der Waals surface area contributed by atoms with Crippen molar-refractivity contribution < 1.29 is 23.8 Å². The van der Waals surface area contributed by atoms with Crippen molar-refractivity contribution >= 4 is 5.97 Å². The Labute approximate surface area is 147 Å². The Morgan fingerprint density at radius 1 is 1.24 bits per heavy atom. The molecule has 0 saturated heterocycles. The summed E-state index contributed by atoms with van der Waals surface area (Å²) in [5.74, 6) is 0.822. The van der Waals surface area contributed by atoms with Crippen LogP contribution in [0.1, 0.15) is 55.8 Å². The van der Waals surface area contributed by atoms with Gasteiger partial charge in [0, 0.05) is 0 Å². The summed E-state index contributed by atoms with van der Waals surface area (Å²) in [5, 5.41) is 9.02. The molecule has 5 rings (SSSR count). The lowest BCUT2D eigenvalue weighted by Crippen LogP contribution is -2.48. The van der Waals surface area contributed by atoms with Crippen LogP contribution in [0.25, 0.3) is 0 Å². The largest absolute Gasteiger partial charge is 0.478 e. The zero-order valence-electron chi connectivity index (χ0n) is 14.5. The summed E-state index contributed by atoms with van der Waals surface area (Å²) in [6.07, 6.45) is 7.29. The van der Waals surface area contributed by atoms with Crippen LogP contribution in [0.15, 0.2) is 18.2 Å². The molecule has 4 fully saturated rings. The zero-order valence-corrected chi connectivity index (χ0v) is 14.5. The van der Waals surface area contributed by atoms with Gasteiger partial charge in [-0.1, -0.05) is 0 Å². The fraction of sp³-hybridized carbons (Fsp3) is 0.650. The fourth-order valence-corrected chi connectivity index (χ4v) is 5.70. The minimum absolute atomic E-state index is 0.00434. The summed E-state index contributed by atoms with van der Waals surface area (Å²) in [6, 6.07) is 3.55. The molecule has 136 valence electrons. The Bertz CT molecular complexity index is 636. The maximum absolute atomic E-state index is 13.9. The summed E-state index contributed by atoms with van der Waals surface area (Å²) >= 11 is 0. The SMILES string of the molecule is CC(OCC12CC3CC(CC(C3)C1)C2)Oc1cc(C(=O)O)ccc1F. The Morgan fingerprint density at radius 3 is 2.40 bits per heavy atom. The smallest absolute Gasteiger partial charge is 0.335 e. The van der Waals surface area contributed by atoms with Gasteiger partial charge in [-0.25, -0.2) is 9.18 Å². The molecule has 0 heterocycles. The first-order valence-electron chi connectivity index (χ1n) is 9.23. The minimum Gasteiger partial charge on any atom is -0.478 e. The van der Waals surface area contributed by atoms with E-state index in [1.807, 2.05) is 0 Å². The summed E-state index contributed by atoms with van der Waals surface area (Å²) in [5.41, 5.74) is 0.276. The third kappa shape index (κ3) is 3.39. The molecule has 0 aliphatic heterocycles. The van der Waals surface area contributed by atoms with Crippen LogP contribution in [0.5, 0.6) is 5.75 Å². The monoisotopic (exact) mass is 348 g/mol. The maximum Gasteiger partial charge on any atom is 0.335 e. The van der Waals surface area contributed by atoms with E-state index in [0.717, 1.165) is 23.8 Å². The van der Waals surface area contributed by atoms with Crippen LogP contribution in [0.4, 0.5) is 4.39 Å². The number of halogens is 1. The van der Waals surface area contributed by atoms with E-state index < -0.39 is 18.1 Å². The van der Waals surface area contributed by atoms with Gasteiger partial charge in [0.05, 0.1) is 12.2 Å². The molecule has 1 N–H and O–H groups in total. The number of carboxylic acids is 1. The zero-order chi connectivity index (χ0) is 17.6. The van der Waals surface area contributed by atoms with Gasteiger partial charge >= 0.3 is 5.97 Å². The Morgan fingerprint density at radius 2 is 1.84 bits per heavy atom. The van der Waals surface area contributed by atoms with Crippen LogP contribution in [-0.2, 0) is 4.74 Å². The second kappa shape index (κ2) is 6.27. The first-order chi connectivity index (χ1) is 11.9. The summed E-state index contributed by atoms with van der Waals surface area (Å²) in [6.45, 7) is 2.39. The average Bonchev–Trinajstić information content (AvgIpc) is 2.54. The standard InChI is InChI=1S/C20H25FO4/c1-12(25-18-7-16(19(22)23)2-3-17(18)21)24-11-20-8-13-4-14(9-20)6-15(5-13)10-20/h2-3,7,12-15H,4-6,8-11H2,1H3,(H,22,23). The summed E-state index contributed by atoms with van der Waals surface area (Å²) < 4.78 is 25.4. The van der Waals surface area contributed by atoms with Crippen molar-refractivity contribution in [2.45, 2.75) is 51.7 Å². The van der Waals surface area contributed by atoms with Crippen LogP contribution in [0.2, 0.25) is 0 Å². The number of aromatic carboxylic acids is 1. The number of carbonyl (C=O) groups is 1. The van der Waals surface area contributed by atoms with E-state index in [-0.39, 0.29) is 16.7 Å². The Kier molecular flexibility index (Phi) is 4.22. The molecule has 4 aliphatic rings. The molecule has 0 amide bonds. The summed E-state index contributed by atoms with van der Waals surface area (Å²) in [7, 11) is 0. The molecule has 0 aromatic heterocycles. The third-order valence-electron chi connectivity index (χ3n) is 6.26. The quantitative estimate of drug-likeness (QED) is 0.770. The van der Waals surface area contributed by atoms with Crippen LogP contribution in [0.3, 0.4) is 0 Å². The van der Waals surface area contributed by atoms with Crippen LogP contribution >= 0.6 is 0 Å². The first-order valence-corrected chi connectivity index (χ1v) is 9.23. The molecule has 4 aliphatic carbocycles. The van der Waals surface area contributed by atoms with Gasteiger partial charge in [-0.2, -0.15) is 0 Å². The molecule has 1 unspecified atom stereocenters. The summed E-state index contributed by atoms with van der Waals surface area (Å²) in [4.78, 5) is 11.0. The van der Waals surface area contributed by atoms with Crippen molar-refractivity contribution in [2.24, 2.45) is 23.2 Å². The van der Waals surface area contributed by atoms with E-state index in [1.54, 1.807) is 6.92 Å². The molecule has 4 bridgehead atoms. The lowest BCUT2D eigenvalue weighted by Gasteiger charge is -2.56. The van der Waals surface area contributed by atoms with E-state index in [1.165, 1.54) is 50.7 Å². The molecule has 1 atom stereocenters. The highest BCUT2D eigenvalue weighted by molar-refractivity contribution is 5.88. The predicted molar refractivity (Wildman–Crippen MR) is 90.0 cm³/mol. The van der Waals surface area contributed by atoms with Gasteiger partial charge in [-0.05, 0) is 86.8 Å². The van der Waals surface area contributed by atoms with Crippen molar-refractivity contribution in [1.82, 2.24) is 0 Å². The molecule has 25 heavy (non-hydrogen) atoms. The van der Waals surface area contributed by atoms with E-state index in [0.29, 0.717) is 6.61 Å². The number of carboxylic acid groups (broad SMARTS) is 1. The van der Waals surface area contributed by atoms with Crippen LogP contribution in [0, 0.1) is 29.0 Å². The lowest BCUT2D eigenvalue weighted by atomic mass is 9.50. The van der Waals surface area contributed by atoms with Crippen molar-refractivity contribution in [1.29, 1.82) is 0 Å². The number of hydrogen-bond donors (Lipinski definition) is 1. The molecule has 5 heteroatoms. The van der Waals surface area contributed by atoms with Gasteiger partial charge in [0.15, 0.2) is 17.9 Å². The van der Waals surface area contributed by atoms with Crippen molar-refractivity contribution in [3.63, 3.8) is 0 Å². The molecular weight excluding hydrogens is 323 g/mol. The predicted octanol–water partition coefficient (Wildman–Crippen LogP) is 4.48. The van der Waals surface area contributed by atoms with E-state index in [9.17, 15) is 9.18 Å². The van der Waals surface area contributed by atoms with Crippen molar-refractivity contribution in [3.05, 3.63) is 29.6 Å². The van der Waals surface area contributed by atoms with Gasteiger partial charge in [-0.15, -0.1) is 0 Å². The number of benzene rings is 1. The highest BCUT2D eigenvalue weighted by Crippen LogP contribution is 2.60.